The van der Waals surface area contributed by atoms with E-state index in [0.29, 0.717) is 35.9 Å². The van der Waals surface area contributed by atoms with Crippen LogP contribution in [-0.2, 0) is 14.8 Å². The zero-order chi connectivity index (χ0) is 14.2. The van der Waals surface area contributed by atoms with Crippen LogP contribution >= 0.6 is 11.6 Å². The number of benzene rings is 1. The van der Waals surface area contributed by atoms with Crippen molar-refractivity contribution < 1.29 is 13.2 Å². The molecule has 2 rings (SSSR count). The van der Waals surface area contributed by atoms with Gasteiger partial charge in [0.1, 0.15) is 0 Å². The highest BCUT2D eigenvalue weighted by molar-refractivity contribution is 7.89. The Balaban J connectivity index is 2.44. The third-order valence-electron chi connectivity index (χ3n) is 3.44. The monoisotopic (exact) mass is 304 g/mol. The molecule has 0 saturated carbocycles. The first kappa shape index (κ1) is 14.6. The molecule has 0 radical (unpaired) electrons. The van der Waals surface area contributed by atoms with E-state index in [2.05, 4.69) is 0 Å². The highest BCUT2D eigenvalue weighted by Crippen LogP contribution is 2.29. The maximum absolute atomic E-state index is 12.6. The van der Waals surface area contributed by atoms with E-state index in [-0.39, 0.29) is 10.9 Å². The van der Waals surface area contributed by atoms with E-state index in [0.717, 1.165) is 0 Å². The highest BCUT2D eigenvalue weighted by atomic mass is 35.5. The number of nitrogens with zero attached hydrogens (tertiary/aromatic N) is 1. The second-order valence-electron chi connectivity index (χ2n) is 4.66. The number of likely N-dealkylation sites (N-methyl/N-ethyl adjacent to an activating group) is 1. The van der Waals surface area contributed by atoms with Crippen LogP contribution in [0.15, 0.2) is 17.0 Å². The average molecular weight is 305 g/mol. The normalized spacial score (nSPS) is 20.1. The third kappa shape index (κ3) is 2.72. The van der Waals surface area contributed by atoms with Crippen molar-refractivity contribution in [1.82, 2.24) is 4.31 Å². The van der Waals surface area contributed by atoms with Crippen LogP contribution in [0.25, 0.3) is 0 Å². The van der Waals surface area contributed by atoms with Gasteiger partial charge in [0.25, 0.3) is 0 Å². The Hall–Kier alpha value is -0.820. The van der Waals surface area contributed by atoms with Gasteiger partial charge in [0.15, 0.2) is 0 Å². The van der Waals surface area contributed by atoms with Crippen LogP contribution in [0.1, 0.15) is 12.0 Å². The Morgan fingerprint density at radius 3 is 2.74 bits per heavy atom. The molecule has 2 N–H and O–H groups in total. The molecule has 0 amide bonds. The molecule has 7 heteroatoms. The molecular weight excluding hydrogens is 288 g/mol. The van der Waals surface area contributed by atoms with Crippen LogP contribution < -0.4 is 5.73 Å². The zero-order valence-corrected chi connectivity index (χ0v) is 12.5. The molecule has 1 aromatic rings. The molecule has 0 aromatic heterocycles. The summed E-state index contributed by atoms with van der Waals surface area (Å²) in [6, 6.07) is 2.85. The minimum absolute atomic E-state index is 0.135. The Morgan fingerprint density at radius 1 is 1.47 bits per heavy atom. The smallest absolute Gasteiger partial charge is 0.243 e. The van der Waals surface area contributed by atoms with E-state index >= 15 is 0 Å². The summed E-state index contributed by atoms with van der Waals surface area (Å²) >= 11 is 5.90. The highest BCUT2D eigenvalue weighted by Gasteiger charge is 2.32. The van der Waals surface area contributed by atoms with Crippen LogP contribution in [0.2, 0.25) is 5.02 Å². The Kier molecular flexibility index (Phi) is 4.06. The van der Waals surface area contributed by atoms with E-state index in [9.17, 15) is 8.42 Å². The van der Waals surface area contributed by atoms with E-state index in [4.69, 9.17) is 22.1 Å². The van der Waals surface area contributed by atoms with Crippen molar-refractivity contribution in [3.8, 4) is 0 Å². The van der Waals surface area contributed by atoms with Gasteiger partial charge in [0.2, 0.25) is 10.0 Å². The molecule has 1 heterocycles. The van der Waals surface area contributed by atoms with Crippen molar-refractivity contribution in [2.75, 3.05) is 26.0 Å². The summed E-state index contributed by atoms with van der Waals surface area (Å²) in [5.41, 5.74) is 6.68. The Morgan fingerprint density at radius 2 is 2.16 bits per heavy atom. The van der Waals surface area contributed by atoms with Crippen molar-refractivity contribution in [3.05, 3.63) is 22.7 Å². The Labute approximate surface area is 118 Å². The maximum Gasteiger partial charge on any atom is 0.243 e. The van der Waals surface area contributed by atoms with Gasteiger partial charge >= 0.3 is 0 Å². The Bertz CT molecular complexity index is 583. The van der Waals surface area contributed by atoms with Gasteiger partial charge in [0, 0.05) is 24.4 Å². The van der Waals surface area contributed by atoms with Crippen LogP contribution in [0.5, 0.6) is 0 Å². The molecule has 19 heavy (non-hydrogen) atoms. The number of sulfonamides is 1. The molecule has 5 nitrogen and oxygen atoms in total. The predicted octanol–water partition coefficient (Wildman–Crippen LogP) is 1.64. The summed E-state index contributed by atoms with van der Waals surface area (Å²) in [6.45, 7) is 2.68. The molecule has 1 aliphatic heterocycles. The van der Waals surface area contributed by atoms with E-state index in [1.165, 1.54) is 10.4 Å². The first-order valence-corrected chi connectivity index (χ1v) is 7.77. The minimum Gasteiger partial charge on any atom is -0.398 e. The van der Waals surface area contributed by atoms with Crippen molar-refractivity contribution in [3.63, 3.8) is 0 Å². The van der Waals surface area contributed by atoms with E-state index in [1.807, 2.05) is 0 Å². The predicted molar refractivity (Wildman–Crippen MR) is 74.8 cm³/mol. The standard InChI is InChI=1S/C12H17ClN2O3S/c1-8-11(14)5-9(13)6-12(8)19(16,17)15(2)10-3-4-18-7-10/h5-6,10H,3-4,7,14H2,1-2H3. The first-order valence-electron chi connectivity index (χ1n) is 5.95. The number of hydrogen-bond donors (Lipinski definition) is 1. The maximum atomic E-state index is 12.6. The summed E-state index contributed by atoms with van der Waals surface area (Å²) in [5.74, 6) is 0. The van der Waals surface area contributed by atoms with Crippen LogP contribution in [0.3, 0.4) is 0 Å². The summed E-state index contributed by atoms with van der Waals surface area (Å²) in [6.07, 6.45) is 0.699. The second kappa shape index (κ2) is 5.28. The quantitative estimate of drug-likeness (QED) is 0.862. The fourth-order valence-corrected chi connectivity index (χ4v) is 4.04. The summed E-state index contributed by atoms with van der Waals surface area (Å²) in [7, 11) is -2.05. The number of anilines is 1. The van der Waals surface area contributed by atoms with Crippen LogP contribution in [-0.4, -0.2) is 39.0 Å². The van der Waals surface area contributed by atoms with Crippen molar-refractivity contribution in [2.45, 2.75) is 24.3 Å². The fourth-order valence-electron chi connectivity index (χ4n) is 2.10. The van der Waals surface area contributed by atoms with E-state index < -0.39 is 10.0 Å². The summed E-state index contributed by atoms with van der Waals surface area (Å²) in [5, 5.41) is 0.317. The molecule has 1 aliphatic rings. The fraction of sp³-hybridized carbons (Fsp3) is 0.500. The largest absolute Gasteiger partial charge is 0.398 e. The molecule has 1 atom stereocenters. The third-order valence-corrected chi connectivity index (χ3v) is 5.70. The van der Waals surface area contributed by atoms with Gasteiger partial charge in [-0.05, 0) is 31.0 Å². The van der Waals surface area contributed by atoms with Crippen LogP contribution in [0, 0.1) is 6.92 Å². The molecule has 0 bridgehead atoms. The van der Waals surface area contributed by atoms with Crippen LogP contribution in [0.4, 0.5) is 5.69 Å². The second-order valence-corrected chi connectivity index (χ2v) is 7.06. The number of hydrogen-bond acceptors (Lipinski definition) is 4. The molecule has 1 aromatic carbocycles. The lowest BCUT2D eigenvalue weighted by atomic mass is 10.2. The van der Waals surface area contributed by atoms with Gasteiger partial charge in [-0.3, -0.25) is 0 Å². The molecule has 1 saturated heterocycles. The number of halogens is 1. The van der Waals surface area contributed by atoms with Crippen molar-refractivity contribution >= 4 is 27.3 Å². The van der Waals surface area contributed by atoms with Gasteiger partial charge in [0.05, 0.1) is 17.5 Å². The lowest BCUT2D eigenvalue weighted by Crippen LogP contribution is -2.37. The lowest BCUT2D eigenvalue weighted by Gasteiger charge is -2.24. The molecule has 1 fully saturated rings. The SMILES string of the molecule is Cc1c(N)cc(Cl)cc1S(=O)(=O)N(C)C1CCOC1. The minimum atomic E-state index is -3.61. The van der Waals surface area contributed by atoms with Gasteiger partial charge < -0.3 is 10.5 Å². The molecule has 0 spiro atoms. The van der Waals surface area contributed by atoms with Crippen molar-refractivity contribution in [1.29, 1.82) is 0 Å². The van der Waals surface area contributed by atoms with Gasteiger partial charge in [-0.25, -0.2) is 8.42 Å². The number of rotatable bonds is 3. The van der Waals surface area contributed by atoms with Crippen molar-refractivity contribution in [2.24, 2.45) is 0 Å². The molecule has 0 aliphatic carbocycles. The average Bonchev–Trinajstić information content (AvgIpc) is 2.86. The molecule has 106 valence electrons. The summed E-state index contributed by atoms with van der Waals surface area (Å²) in [4.78, 5) is 0.159. The number of ether oxygens (including phenoxy) is 1. The van der Waals surface area contributed by atoms with E-state index in [1.54, 1.807) is 20.0 Å². The number of nitrogen functional groups attached to an aromatic ring is 1. The summed E-state index contributed by atoms with van der Waals surface area (Å²) < 4.78 is 31.8. The lowest BCUT2D eigenvalue weighted by molar-refractivity contribution is 0.181. The molecule has 1 unspecified atom stereocenters. The van der Waals surface area contributed by atoms with Gasteiger partial charge in [-0.2, -0.15) is 4.31 Å². The van der Waals surface area contributed by atoms with Gasteiger partial charge in [-0.15, -0.1) is 0 Å². The van der Waals surface area contributed by atoms with Gasteiger partial charge in [-0.1, -0.05) is 11.6 Å². The zero-order valence-electron chi connectivity index (χ0n) is 10.9. The first-order chi connectivity index (χ1) is 8.84. The topological polar surface area (TPSA) is 72.6 Å². The molecular formula is C12H17ClN2O3S. The number of nitrogens with two attached hydrogens (primary N) is 1.